The van der Waals surface area contributed by atoms with E-state index in [0.29, 0.717) is 13.1 Å². The molecule has 2 amide bonds. The number of carboxylic acids is 1. The molecule has 0 aromatic heterocycles. The Morgan fingerprint density at radius 2 is 1.82 bits per heavy atom. The van der Waals surface area contributed by atoms with E-state index in [9.17, 15) is 9.59 Å². The molecule has 0 rings (SSSR count). The number of carboxylic acid groups (broad SMARTS) is 1. The summed E-state index contributed by atoms with van der Waals surface area (Å²) in [6.07, 6.45) is 0. The third kappa shape index (κ3) is 6.11. The van der Waals surface area contributed by atoms with Crippen molar-refractivity contribution >= 4 is 12.0 Å². The maximum absolute atomic E-state index is 12.0. The summed E-state index contributed by atoms with van der Waals surface area (Å²) in [5.41, 5.74) is 0. The lowest BCUT2D eigenvalue weighted by Crippen LogP contribution is -2.47. The molecule has 0 saturated heterocycles. The number of hydrogen-bond donors (Lipinski definition) is 2. The first-order chi connectivity index (χ1) is 7.92. The lowest BCUT2D eigenvalue weighted by atomic mass is 10.2. The van der Waals surface area contributed by atoms with E-state index in [1.165, 1.54) is 9.80 Å². The first-order valence-corrected chi connectivity index (χ1v) is 5.78. The van der Waals surface area contributed by atoms with Crippen molar-refractivity contribution in [1.82, 2.24) is 9.80 Å². The van der Waals surface area contributed by atoms with Crippen LogP contribution in [0.5, 0.6) is 0 Å². The van der Waals surface area contributed by atoms with Gasteiger partial charge in [-0.05, 0) is 12.8 Å². The summed E-state index contributed by atoms with van der Waals surface area (Å²) in [5, 5.41) is 17.6. The van der Waals surface area contributed by atoms with Crippen LogP contribution < -0.4 is 0 Å². The predicted molar refractivity (Wildman–Crippen MR) is 63.8 cm³/mol. The highest BCUT2D eigenvalue weighted by molar-refractivity contribution is 5.80. The molecule has 17 heavy (non-hydrogen) atoms. The van der Waals surface area contributed by atoms with Gasteiger partial charge < -0.3 is 20.0 Å². The number of rotatable bonds is 7. The molecule has 0 atom stereocenters. The SMILES string of the molecule is CCN(CCO)C(=O)N(CC(=O)O)CC(C)C. The van der Waals surface area contributed by atoms with Gasteiger partial charge >= 0.3 is 12.0 Å². The number of hydrogen-bond acceptors (Lipinski definition) is 3. The first-order valence-electron chi connectivity index (χ1n) is 5.78. The Morgan fingerprint density at radius 1 is 1.24 bits per heavy atom. The minimum atomic E-state index is -1.03. The minimum Gasteiger partial charge on any atom is -0.480 e. The van der Waals surface area contributed by atoms with Crippen LogP contribution in [0, 0.1) is 5.92 Å². The third-order valence-electron chi connectivity index (χ3n) is 2.20. The predicted octanol–water partition coefficient (Wildman–Crippen LogP) is 0.463. The van der Waals surface area contributed by atoms with Crippen LogP contribution in [0.4, 0.5) is 4.79 Å². The molecule has 0 aromatic rings. The number of nitrogens with zero attached hydrogens (tertiary/aromatic N) is 2. The van der Waals surface area contributed by atoms with Gasteiger partial charge in [-0.3, -0.25) is 4.79 Å². The van der Waals surface area contributed by atoms with Crippen molar-refractivity contribution in [1.29, 1.82) is 0 Å². The van der Waals surface area contributed by atoms with E-state index in [2.05, 4.69) is 0 Å². The van der Waals surface area contributed by atoms with Gasteiger partial charge in [0.25, 0.3) is 0 Å². The third-order valence-corrected chi connectivity index (χ3v) is 2.20. The summed E-state index contributed by atoms with van der Waals surface area (Å²) >= 11 is 0. The molecule has 6 nitrogen and oxygen atoms in total. The zero-order chi connectivity index (χ0) is 13.4. The number of urea groups is 1. The Bertz CT molecular complexity index is 256. The fourth-order valence-electron chi connectivity index (χ4n) is 1.52. The molecule has 0 fully saturated rings. The highest BCUT2D eigenvalue weighted by atomic mass is 16.4. The standard InChI is InChI=1S/C11H22N2O4/c1-4-12(5-6-14)11(17)13(7-9(2)3)8-10(15)16/h9,14H,4-8H2,1-3H3,(H,15,16). The lowest BCUT2D eigenvalue weighted by molar-refractivity contribution is -0.137. The quantitative estimate of drug-likeness (QED) is 0.684. The van der Waals surface area contributed by atoms with Crippen LogP contribution in [0.15, 0.2) is 0 Å². The molecular weight excluding hydrogens is 224 g/mol. The normalized spacial score (nSPS) is 10.4. The van der Waals surface area contributed by atoms with Crippen molar-refractivity contribution in [2.45, 2.75) is 20.8 Å². The van der Waals surface area contributed by atoms with E-state index < -0.39 is 5.97 Å². The average molecular weight is 246 g/mol. The van der Waals surface area contributed by atoms with Gasteiger partial charge in [0.15, 0.2) is 0 Å². The monoisotopic (exact) mass is 246 g/mol. The number of carbonyl (C=O) groups excluding carboxylic acids is 1. The highest BCUT2D eigenvalue weighted by Gasteiger charge is 2.22. The highest BCUT2D eigenvalue weighted by Crippen LogP contribution is 2.04. The lowest BCUT2D eigenvalue weighted by Gasteiger charge is -2.29. The van der Waals surface area contributed by atoms with Crippen LogP contribution in [0.2, 0.25) is 0 Å². The second kappa shape index (κ2) is 7.89. The fourth-order valence-corrected chi connectivity index (χ4v) is 1.52. The Morgan fingerprint density at radius 3 is 2.18 bits per heavy atom. The van der Waals surface area contributed by atoms with Crippen molar-refractivity contribution in [3.05, 3.63) is 0 Å². The molecule has 0 aliphatic rings. The molecule has 0 radical (unpaired) electrons. The molecule has 0 aliphatic carbocycles. The van der Waals surface area contributed by atoms with E-state index >= 15 is 0 Å². The molecule has 0 spiro atoms. The van der Waals surface area contributed by atoms with Crippen molar-refractivity contribution in [2.75, 3.05) is 32.8 Å². The Balaban J connectivity index is 4.64. The second-order valence-electron chi connectivity index (χ2n) is 4.25. The van der Waals surface area contributed by atoms with Crippen LogP contribution in [0.1, 0.15) is 20.8 Å². The summed E-state index contributed by atoms with van der Waals surface area (Å²) in [6.45, 7) is 6.28. The molecule has 0 aliphatic heterocycles. The van der Waals surface area contributed by atoms with Crippen LogP contribution in [-0.2, 0) is 4.79 Å². The number of aliphatic hydroxyl groups excluding tert-OH is 1. The van der Waals surface area contributed by atoms with Gasteiger partial charge in [0, 0.05) is 19.6 Å². The van der Waals surface area contributed by atoms with Gasteiger partial charge in [0.2, 0.25) is 0 Å². The van der Waals surface area contributed by atoms with E-state index in [1.807, 2.05) is 13.8 Å². The van der Waals surface area contributed by atoms with E-state index in [0.717, 1.165) is 0 Å². The Kier molecular flexibility index (Phi) is 7.29. The zero-order valence-corrected chi connectivity index (χ0v) is 10.7. The van der Waals surface area contributed by atoms with Crippen LogP contribution in [0.3, 0.4) is 0 Å². The smallest absolute Gasteiger partial charge is 0.323 e. The topological polar surface area (TPSA) is 81.1 Å². The van der Waals surface area contributed by atoms with E-state index in [-0.39, 0.29) is 31.6 Å². The largest absolute Gasteiger partial charge is 0.480 e. The second-order valence-corrected chi connectivity index (χ2v) is 4.25. The van der Waals surface area contributed by atoms with Gasteiger partial charge in [-0.2, -0.15) is 0 Å². The summed E-state index contributed by atoms with van der Waals surface area (Å²) < 4.78 is 0. The summed E-state index contributed by atoms with van der Waals surface area (Å²) in [7, 11) is 0. The van der Waals surface area contributed by atoms with Gasteiger partial charge in [-0.15, -0.1) is 0 Å². The molecule has 6 heteroatoms. The summed E-state index contributed by atoms with van der Waals surface area (Å²) in [4.78, 5) is 25.4. The number of aliphatic hydroxyl groups is 1. The molecule has 0 aromatic carbocycles. The molecule has 100 valence electrons. The molecule has 0 bridgehead atoms. The van der Waals surface area contributed by atoms with Crippen LogP contribution in [-0.4, -0.2) is 64.8 Å². The molecule has 0 heterocycles. The Hall–Kier alpha value is -1.30. The fraction of sp³-hybridized carbons (Fsp3) is 0.818. The van der Waals surface area contributed by atoms with Crippen LogP contribution in [0.25, 0.3) is 0 Å². The molecule has 0 saturated carbocycles. The summed E-state index contributed by atoms with van der Waals surface area (Å²) in [6, 6.07) is -0.336. The van der Waals surface area contributed by atoms with E-state index in [1.54, 1.807) is 6.92 Å². The van der Waals surface area contributed by atoms with Crippen molar-refractivity contribution in [2.24, 2.45) is 5.92 Å². The van der Waals surface area contributed by atoms with Crippen molar-refractivity contribution < 1.29 is 19.8 Å². The number of amides is 2. The minimum absolute atomic E-state index is 0.123. The molecular formula is C11H22N2O4. The van der Waals surface area contributed by atoms with Gasteiger partial charge in [-0.25, -0.2) is 4.79 Å². The number of aliphatic carboxylic acids is 1. The average Bonchev–Trinajstić information content (AvgIpc) is 2.22. The first kappa shape index (κ1) is 15.7. The summed E-state index contributed by atoms with van der Waals surface area (Å²) in [5.74, 6) is -0.829. The maximum Gasteiger partial charge on any atom is 0.323 e. The zero-order valence-electron chi connectivity index (χ0n) is 10.7. The maximum atomic E-state index is 12.0. The van der Waals surface area contributed by atoms with Gasteiger partial charge in [0.05, 0.1) is 6.61 Å². The number of carbonyl (C=O) groups is 2. The molecule has 0 unspecified atom stereocenters. The molecule has 2 N–H and O–H groups in total. The van der Waals surface area contributed by atoms with Crippen LogP contribution >= 0.6 is 0 Å². The number of likely N-dealkylation sites (N-methyl/N-ethyl adjacent to an activating group) is 1. The Labute approximate surface area is 102 Å². The van der Waals surface area contributed by atoms with E-state index in [4.69, 9.17) is 10.2 Å². The van der Waals surface area contributed by atoms with Crippen molar-refractivity contribution in [3.8, 4) is 0 Å². The van der Waals surface area contributed by atoms with Crippen molar-refractivity contribution in [3.63, 3.8) is 0 Å². The van der Waals surface area contributed by atoms with Gasteiger partial charge in [0.1, 0.15) is 6.54 Å². The van der Waals surface area contributed by atoms with Gasteiger partial charge in [-0.1, -0.05) is 13.8 Å².